The predicted molar refractivity (Wildman–Crippen MR) is 106 cm³/mol. The Labute approximate surface area is 158 Å². The molecule has 2 aromatic carbocycles. The number of thioether (sulfide) groups is 1. The smallest absolute Gasteiger partial charge is 0.251 e. The van der Waals surface area contributed by atoms with E-state index in [0.29, 0.717) is 5.56 Å². The predicted octanol–water partition coefficient (Wildman–Crippen LogP) is 3.36. The molecule has 2 rings (SSSR count). The highest BCUT2D eigenvalue weighted by atomic mass is 32.2. The Balaban J connectivity index is 2.06. The maximum Gasteiger partial charge on any atom is 0.251 e. The molecule has 0 bridgehead atoms. The first kappa shape index (κ1) is 20.2. The molecule has 5 nitrogen and oxygen atoms in total. The van der Waals surface area contributed by atoms with Gasteiger partial charge in [-0.15, -0.1) is 18.3 Å². The van der Waals surface area contributed by atoms with Gasteiger partial charge in [-0.1, -0.05) is 18.2 Å². The van der Waals surface area contributed by atoms with E-state index in [1.165, 1.54) is 30.3 Å². The van der Waals surface area contributed by atoms with Crippen LogP contribution in [0, 0.1) is 0 Å². The normalized spacial score (nSPS) is 12.4. The van der Waals surface area contributed by atoms with Crippen molar-refractivity contribution in [2.24, 2.45) is 0 Å². The summed E-state index contributed by atoms with van der Waals surface area (Å²) in [6, 6.07) is 13.7. The largest absolute Gasteiger partial charge is 0.346 e. The van der Waals surface area contributed by atoms with Crippen molar-refractivity contribution in [3.63, 3.8) is 0 Å². The van der Waals surface area contributed by atoms with Gasteiger partial charge in [-0.3, -0.25) is 4.79 Å². The van der Waals surface area contributed by atoms with E-state index in [-0.39, 0.29) is 23.4 Å². The van der Waals surface area contributed by atoms with E-state index in [4.69, 9.17) is 0 Å². The molecule has 7 heteroatoms. The maximum absolute atomic E-state index is 12.4. The fourth-order valence-corrected chi connectivity index (χ4v) is 3.70. The van der Waals surface area contributed by atoms with Gasteiger partial charge in [0.05, 0.1) is 10.9 Å². The monoisotopic (exact) mass is 390 g/mol. The van der Waals surface area contributed by atoms with Crippen LogP contribution in [0.3, 0.4) is 0 Å². The molecule has 1 unspecified atom stereocenters. The first-order chi connectivity index (χ1) is 12.4. The van der Waals surface area contributed by atoms with Gasteiger partial charge < -0.3 is 5.32 Å². The molecule has 2 aromatic rings. The number of hydrogen-bond donors (Lipinski definition) is 2. The van der Waals surface area contributed by atoms with Gasteiger partial charge in [-0.2, -0.15) is 0 Å². The fourth-order valence-electron chi connectivity index (χ4n) is 2.29. The minimum atomic E-state index is -3.59. The number of amides is 1. The third-order valence-corrected chi connectivity index (χ3v) is 5.99. The zero-order valence-corrected chi connectivity index (χ0v) is 16.4. The molecule has 0 saturated carbocycles. The molecule has 0 spiro atoms. The van der Waals surface area contributed by atoms with Crippen LogP contribution in [0.1, 0.15) is 28.9 Å². The molecule has 1 atom stereocenters. The second-order valence-corrected chi connectivity index (χ2v) is 8.28. The summed E-state index contributed by atoms with van der Waals surface area (Å²) in [5, 5.41) is 2.92. The third kappa shape index (κ3) is 5.20. The summed E-state index contributed by atoms with van der Waals surface area (Å²) >= 11 is 1.66. The summed E-state index contributed by atoms with van der Waals surface area (Å²) in [5.74, 6) is -0.255. The summed E-state index contributed by atoms with van der Waals surface area (Å²) in [6.45, 7) is 5.53. The van der Waals surface area contributed by atoms with E-state index < -0.39 is 10.0 Å². The summed E-state index contributed by atoms with van der Waals surface area (Å²) in [4.78, 5) is 13.7. The van der Waals surface area contributed by atoms with Crippen molar-refractivity contribution in [2.75, 3.05) is 12.8 Å². The number of sulfonamides is 1. The molecule has 0 aliphatic heterocycles. The van der Waals surface area contributed by atoms with Crippen LogP contribution in [0.2, 0.25) is 0 Å². The number of carbonyl (C=O) groups excluding carboxylic acids is 1. The van der Waals surface area contributed by atoms with Crippen LogP contribution < -0.4 is 10.0 Å². The minimum absolute atomic E-state index is 0.108. The molecular weight excluding hydrogens is 368 g/mol. The van der Waals surface area contributed by atoms with E-state index >= 15 is 0 Å². The Morgan fingerprint density at radius 2 is 1.77 bits per heavy atom. The Kier molecular flexibility index (Phi) is 7.02. The van der Waals surface area contributed by atoms with Gasteiger partial charge in [0, 0.05) is 17.0 Å². The summed E-state index contributed by atoms with van der Waals surface area (Å²) in [5.41, 5.74) is 1.41. The van der Waals surface area contributed by atoms with Crippen LogP contribution in [-0.2, 0) is 10.0 Å². The van der Waals surface area contributed by atoms with Crippen molar-refractivity contribution in [1.29, 1.82) is 0 Å². The van der Waals surface area contributed by atoms with Gasteiger partial charge in [0.1, 0.15) is 0 Å². The molecule has 0 aromatic heterocycles. The average Bonchev–Trinajstić information content (AvgIpc) is 2.66. The molecule has 26 heavy (non-hydrogen) atoms. The average molecular weight is 391 g/mol. The quantitative estimate of drug-likeness (QED) is 0.535. The number of rotatable bonds is 8. The molecule has 0 heterocycles. The molecule has 138 valence electrons. The Morgan fingerprint density at radius 3 is 2.31 bits per heavy atom. The summed E-state index contributed by atoms with van der Waals surface area (Å²) in [7, 11) is -3.59. The van der Waals surface area contributed by atoms with Gasteiger partial charge in [-0.25, -0.2) is 13.1 Å². The van der Waals surface area contributed by atoms with Crippen LogP contribution in [-0.4, -0.2) is 27.1 Å². The number of hydrogen-bond acceptors (Lipinski definition) is 4. The lowest BCUT2D eigenvalue weighted by Gasteiger charge is -2.15. The van der Waals surface area contributed by atoms with Crippen LogP contribution >= 0.6 is 11.8 Å². The molecule has 0 aliphatic rings. The number of benzene rings is 2. The van der Waals surface area contributed by atoms with Gasteiger partial charge >= 0.3 is 0 Å². The molecular formula is C19H22N2O3S2. The zero-order chi connectivity index (χ0) is 19.2. The second kappa shape index (κ2) is 9.02. The van der Waals surface area contributed by atoms with Crippen molar-refractivity contribution >= 4 is 27.7 Å². The topological polar surface area (TPSA) is 75.3 Å². The molecule has 1 amide bonds. The standard InChI is InChI=1S/C19H22N2O3S2/c1-4-13-20-26(23,24)18-11-7-16(8-12-18)19(22)21-14(2)15-5-9-17(25-3)10-6-15/h4-12,14,20H,1,13H2,2-3H3,(H,21,22). The third-order valence-electron chi connectivity index (χ3n) is 3.81. The SMILES string of the molecule is C=CCNS(=O)(=O)c1ccc(C(=O)NC(C)c2ccc(SC)cc2)cc1. The molecule has 0 radical (unpaired) electrons. The van der Waals surface area contributed by atoms with Crippen molar-refractivity contribution in [3.8, 4) is 0 Å². The lowest BCUT2D eigenvalue weighted by Crippen LogP contribution is -2.27. The van der Waals surface area contributed by atoms with E-state index in [2.05, 4.69) is 16.6 Å². The van der Waals surface area contributed by atoms with E-state index in [1.54, 1.807) is 11.8 Å². The van der Waals surface area contributed by atoms with Crippen LogP contribution in [0.25, 0.3) is 0 Å². The summed E-state index contributed by atoms with van der Waals surface area (Å²) in [6.07, 6.45) is 3.48. The van der Waals surface area contributed by atoms with Crippen molar-refractivity contribution in [2.45, 2.75) is 22.8 Å². The van der Waals surface area contributed by atoms with Crippen LogP contribution in [0.15, 0.2) is 71.0 Å². The fraction of sp³-hybridized carbons (Fsp3) is 0.211. The van der Waals surface area contributed by atoms with E-state index in [9.17, 15) is 13.2 Å². The lowest BCUT2D eigenvalue weighted by atomic mass is 10.1. The van der Waals surface area contributed by atoms with Crippen molar-refractivity contribution in [1.82, 2.24) is 10.0 Å². The second-order valence-electron chi connectivity index (χ2n) is 5.63. The minimum Gasteiger partial charge on any atom is -0.346 e. The van der Waals surface area contributed by atoms with Gasteiger partial charge in [0.25, 0.3) is 5.91 Å². The van der Waals surface area contributed by atoms with Crippen LogP contribution in [0.4, 0.5) is 0 Å². The highest BCUT2D eigenvalue weighted by molar-refractivity contribution is 7.98. The Hall–Kier alpha value is -2.09. The number of nitrogens with one attached hydrogen (secondary N) is 2. The van der Waals surface area contributed by atoms with Crippen molar-refractivity contribution in [3.05, 3.63) is 72.3 Å². The van der Waals surface area contributed by atoms with Crippen LogP contribution in [0.5, 0.6) is 0 Å². The van der Waals surface area contributed by atoms with E-state index in [1.807, 2.05) is 37.4 Å². The first-order valence-corrected chi connectivity index (χ1v) is 10.7. The van der Waals surface area contributed by atoms with Crippen molar-refractivity contribution < 1.29 is 13.2 Å². The molecule has 0 aliphatic carbocycles. The maximum atomic E-state index is 12.4. The van der Waals surface area contributed by atoms with Gasteiger partial charge in [-0.05, 0) is 55.1 Å². The van der Waals surface area contributed by atoms with Gasteiger partial charge in [0.2, 0.25) is 10.0 Å². The highest BCUT2D eigenvalue weighted by Crippen LogP contribution is 2.19. The van der Waals surface area contributed by atoms with Gasteiger partial charge in [0.15, 0.2) is 0 Å². The Bertz CT molecular complexity index is 861. The first-order valence-electron chi connectivity index (χ1n) is 8.03. The highest BCUT2D eigenvalue weighted by Gasteiger charge is 2.15. The molecule has 0 saturated heterocycles. The Morgan fingerprint density at radius 1 is 1.15 bits per heavy atom. The molecule has 2 N–H and O–H groups in total. The summed E-state index contributed by atoms with van der Waals surface area (Å²) < 4.78 is 26.4. The zero-order valence-electron chi connectivity index (χ0n) is 14.7. The lowest BCUT2D eigenvalue weighted by molar-refractivity contribution is 0.0940. The van der Waals surface area contributed by atoms with E-state index in [0.717, 1.165) is 10.5 Å². The number of carbonyl (C=O) groups is 1. The molecule has 0 fully saturated rings.